The fraction of sp³-hybridized carbons (Fsp3) is 0.432. The van der Waals surface area contributed by atoms with E-state index in [2.05, 4.69) is 20.9 Å². The molecule has 262 valence electrons. The number of nitrogens with one attached hydrogen (secondary N) is 3. The molecule has 1 fully saturated rings. The Kier molecular flexibility index (Phi) is 11.5. The number of fused-ring (bicyclic) bond motifs is 3. The number of methoxy groups -OCH3 is 5. The van der Waals surface area contributed by atoms with Crippen molar-refractivity contribution in [3.8, 4) is 39.9 Å². The number of likely N-dealkylation sites (tertiary alicyclic amines) is 1. The number of hydrogen-bond donors (Lipinski definition) is 3. The van der Waals surface area contributed by atoms with Crippen molar-refractivity contribution < 1.29 is 33.3 Å². The summed E-state index contributed by atoms with van der Waals surface area (Å²) in [6.45, 7) is 3.86. The Morgan fingerprint density at radius 1 is 0.796 bits per heavy atom. The molecular formula is C37H46N4O8. The van der Waals surface area contributed by atoms with Crippen LogP contribution in [0, 0.1) is 0 Å². The quantitative estimate of drug-likeness (QED) is 0.258. The van der Waals surface area contributed by atoms with Crippen LogP contribution in [-0.2, 0) is 22.6 Å². The number of piperidine rings is 1. The van der Waals surface area contributed by atoms with Crippen LogP contribution in [0.2, 0.25) is 0 Å². The lowest BCUT2D eigenvalue weighted by Gasteiger charge is -2.32. The maximum absolute atomic E-state index is 13.6. The fourth-order valence-corrected chi connectivity index (χ4v) is 6.78. The number of ether oxygens (including phenoxy) is 5. The van der Waals surface area contributed by atoms with Crippen molar-refractivity contribution in [3.63, 3.8) is 0 Å². The average molecular weight is 675 g/mol. The van der Waals surface area contributed by atoms with Gasteiger partial charge in [-0.15, -0.1) is 0 Å². The highest BCUT2D eigenvalue weighted by atomic mass is 16.5. The molecule has 1 saturated heterocycles. The van der Waals surface area contributed by atoms with Crippen molar-refractivity contribution in [3.05, 3.63) is 69.4 Å². The third-order valence-electron chi connectivity index (χ3n) is 9.16. The minimum absolute atomic E-state index is 0.0416. The number of rotatable bonds is 12. The van der Waals surface area contributed by atoms with Crippen LogP contribution in [-0.4, -0.2) is 77.9 Å². The van der Waals surface area contributed by atoms with Crippen LogP contribution >= 0.6 is 0 Å². The number of hydrogen-bond acceptors (Lipinski definition) is 10. The molecule has 0 unspecified atom stereocenters. The van der Waals surface area contributed by atoms with Gasteiger partial charge in [0.15, 0.2) is 23.0 Å². The zero-order valence-corrected chi connectivity index (χ0v) is 29.1. The summed E-state index contributed by atoms with van der Waals surface area (Å²) in [6, 6.07) is 12.5. The molecular weight excluding hydrogens is 628 g/mol. The second-order valence-electron chi connectivity index (χ2n) is 12.3. The SMILES string of the molecule is COc1ccc(CN2CCC(NC(=O)CNc3ccc4c(cc3=O)[C@@H](NC(C)=O)CCc3cc(OC)c(OC)c(OC)c3-4)CC2)cc1OC. The van der Waals surface area contributed by atoms with Crippen LogP contribution in [0.25, 0.3) is 11.1 Å². The number of amides is 2. The lowest BCUT2D eigenvalue weighted by Crippen LogP contribution is -2.45. The summed E-state index contributed by atoms with van der Waals surface area (Å²) >= 11 is 0. The number of carbonyl (C=O) groups is 2. The molecule has 3 aromatic carbocycles. The molecule has 12 heteroatoms. The molecule has 1 aliphatic heterocycles. The second kappa shape index (κ2) is 16.0. The average Bonchev–Trinajstić information content (AvgIpc) is 3.34. The van der Waals surface area contributed by atoms with E-state index in [1.165, 1.54) is 13.0 Å². The first-order valence-electron chi connectivity index (χ1n) is 16.4. The molecule has 2 aliphatic rings. The van der Waals surface area contributed by atoms with E-state index in [9.17, 15) is 14.4 Å². The summed E-state index contributed by atoms with van der Waals surface area (Å²) in [7, 11) is 7.92. The van der Waals surface area contributed by atoms with Crippen LogP contribution in [0.3, 0.4) is 0 Å². The summed E-state index contributed by atoms with van der Waals surface area (Å²) < 4.78 is 27.9. The van der Waals surface area contributed by atoms with Gasteiger partial charge in [-0.3, -0.25) is 19.3 Å². The Balaban J connectivity index is 1.29. The monoisotopic (exact) mass is 674 g/mol. The minimum atomic E-state index is -0.421. The Morgan fingerprint density at radius 3 is 2.16 bits per heavy atom. The standard InChI is InChI=1S/C37H46N4O8/c1-22(42)39-28-10-8-24-18-33(47-4)36(48-5)37(49-6)35(24)26-9-11-29(30(43)19-27(26)28)38-20-34(44)40-25-13-15-41(16-14-25)21-23-7-12-31(45-2)32(17-23)46-3/h7,9,11-12,17-19,25,28H,8,10,13-16,20-21H2,1-6H3,(H,38,43)(H,39,42)(H,40,44)/t28-/m0/s1. The first-order valence-corrected chi connectivity index (χ1v) is 16.4. The van der Waals surface area contributed by atoms with Crippen LogP contribution in [0.4, 0.5) is 5.69 Å². The third kappa shape index (κ3) is 8.02. The largest absolute Gasteiger partial charge is 0.493 e. The van der Waals surface area contributed by atoms with Crippen molar-refractivity contribution in [2.45, 2.75) is 51.2 Å². The normalized spacial score (nSPS) is 15.9. The van der Waals surface area contributed by atoms with Gasteiger partial charge in [-0.05, 0) is 78.3 Å². The highest BCUT2D eigenvalue weighted by Crippen LogP contribution is 2.50. The molecule has 0 radical (unpaired) electrons. The predicted octanol–water partition coefficient (Wildman–Crippen LogP) is 4.07. The van der Waals surface area contributed by atoms with Crippen molar-refractivity contribution >= 4 is 17.5 Å². The zero-order valence-electron chi connectivity index (χ0n) is 29.1. The molecule has 1 aliphatic carbocycles. The molecule has 2 amide bonds. The molecule has 12 nitrogen and oxygen atoms in total. The topological polar surface area (TPSA) is 137 Å². The molecule has 3 N–H and O–H groups in total. The molecule has 0 saturated carbocycles. The summed E-state index contributed by atoms with van der Waals surface area (Å²) in [5, 5.41) is 9.18. The van der Waals surface area contributed by atoms with Gasteiger partial charge >= 0.3 is 0 Å². The number of aryl methyl sites for hydroxylation is 1. The van der Waals surface area contributed by atoms with Crippen molar-refractivity contribution in [1.29, 1.82) is 0 Å². The van der Waals surface area contributed by atoms with Gasteiger partial charge in [0, 0.05) is 38.2 Å². The van der Waals surface area contributed by atoms with E-state index in [1.807, 2.05) is 30.3 Å². The Labute approximate surface area is 287 Å². The van der Waals surface area contributed by atoms with Crippen LogP contribution in [0.1, 0.15) is 48.9 Å². The molecule has 0 spiro atoms. The van der Waals surface area contributed by atoms with Gasteiger partial charge in [0.2, 0.25) is 23.0 Å². The summed E-state index contributed by atoms with van der Waals surface area (Å²) in [5.74, 6) is 2.45. The molecule has 0 bridgehead atoms. The van der Waals surface area contributed by atoms with Crippen molar-refractivity contribution in [2.24, 2.45) is 0 Å². The molecule has 1 atom stereocenters. The van der Waals surface area contributed by atoms with E-state index in [0.29, 0.717) is 47.2 Å². The van der Waals surface area contributed by atoms with E-state index >= 15 is 0 Å². The maximum atomic E-state index is 13.6. The van der Waals surface area contributed by atoms with E-state index < -0.39 is 6.04 Å². The minimum Gasteiger partial charge on any atom is -0.493 e. The Morgan fingerprint density at radius 2 is 1.51 bits per heavy atom. The van der Waals surface area contributed by atoms with Gasteiger partial charge in [0.05, 0.1) is 53.8 Å². The van der Waals surface area contributed by atoms with E-state index in [-0.39, 0.29) is 35.5 Å². The summed E-state index contributed by atoms with van der Waals surface area (Å²) in [4.78, 5) is 41.2. The van der Waals surface area contributed by atoms with Crippen LogP contribution in [0.15, 0.2) is 47.3 Å². The lowest BCUT2D eigenvalue weighted by atomic mass is 9.95. The van der Waals surface area contributed by atoms with Gasteiger partial charge in [0.25, 0.3) is 0 Å². The van der Waals surface area contributed by atoms with Crippen molar-refractivity contribution in [1.82, 2.24) is 15.5 Å². The fourth-order valence-electron chi connectivity index (χ4n) is 6.78. The molecule has 5 rings (SSSR count). The highest BCUT2D eigenvalue weighted by Gasteiger charge is 2.29. The second-order valence-corrected chi connectivity index (χ2v) is 12.3. The first kappa shape index (κ1) is 35.3. The zero-order chi connectivity index (χ0) is 35.1. The van der Waals surface area contributed by atoms with E-state index in [1.54, 1.807) is 41.6 Å². The first-order chi connectivity index (χ1) is 23.7. The van der Waals surface area contributed by atoms with Gasteiger partial charge in [-0.25, -0.2) is 0 Å². The number of carbonyl (C=O) groups excluding carboxylic acids is 2. The van der Waals surface area contributed by atoms with Crippen LogP contribution < -0.4 is 45.1 Å². The van der Waals surface area contributed by atoms with Crippen LogP contribution in [0.5, 0.6) is 28.7 Å². The number of nitrogens with zero attached hydrogens (tertiary/aromatic N) is 1. The van der Waals surface area contributed by atoms with Gasteiger partial charge in [0.1, 0.15) is 0 Å². The highest BCUT2D eigenvalue weighted by molar-refractivity contribution is 5.84. The van der Waals surface area contributed by atoms with Gasteiger partial charge in [-0.1, -0.05) is 12.1 Å². The van der Waals surface area contributed by atoms with Gasteiger partial charge in [-0.2, -0.15) is 0 Å². The Hall–Kier alpha value is -4.97. The van der Waals surface area contributed by atoms with E-state index in [0.717, 1.165) is 54.7 Å². The summed E-state index contributed by atoms with van der Waals surface area (Å²) in [5.41, 5.74) is 4.19. The molecule has 0 aromatic heterocycles. The molecule has 1 heterocycles. The van der Waals surface area contributed by atoms with Crippen molar-refractivity contribution in [2.75, 3.05) is 60.5 Å². The predicted molar refractivity (Wildman–Crippen MR) is 187 cm³/mol. The Bertz CT molecular complexity index is 1740. The lowest BCUT2D eigenvalue weighted by molar-refractivity contribution is -0.121. The summed E-state index contributed by atoms with van der Waals surface area (Å²) in [6.07, 6.45) is 2.79. The maximum Gasteiger partial charge on any atom is 0.239 e. The smallest absolute Gasteiger partial charge is 0.239 e. The number of benzene rings is 2. The number of anilines is 1. The van der Waals surface area contributed by atoms with E-state index in [4.69, 9.17) is 23.7 Å². The third-order valence-corrected chi connectivity index (χ3v) is 9.16. The van der Waals surface area contributed by atoms with Gasteiger partial charge < -0.3 is 39.6 Å². The molecule has 49 heavy (non-hydrogen) atoms. The molecule has 3 aromatic rings.